The molecule has 9 heteroatoms. The van der Waals surface area contributed by atoms with Crippen LogP contribution in [0.3, 0.4) is 0 Å². The van der Waals surface area contributed by atoms with Crippen molar-refractivity contribution in [1.29, 1.82) is 5.26 Å². The molecule has 2 rings (SSSR count). The van der Waals surface area contributed by atoms with Crippen LogP contribution in [0.2, 0.25) is 5.02 Å². The summed E-state index contributed by atoms with van der Waals surface area (Å²) in [7, 11) is 0. The Morgan fingerprint density at radius 3 is 2.61 bits per heavy atom. The molecule has 1 fully saturated rings. The number of halogens is 4. The molecular formula is C14H12ClF3N2O3. The second kappa shape index (κ2) is 5.91. The number of carbonyl (C=O) groups excluding carboxylic acids is 1. The number of cyclic esters (lactones) is 1. The topological polar surface area (TPSA) is 73.6 Å². The van der Waals surface area contributed by atoms with Crippen molar-refractivity contribution in [3.63, 3.8) is 0 Å². The molecule has 23 heavy (non-hydrogen) atoms. The van der Waals surface area contributed by atoms with Crippen molar-refractivity contribution in [2.75, 3.05) is 4.90 Å². The maximum absolute atomic E-state index is 12.9. The average Bonchev–Trinajstić information content (AvgIpc) is 2.74. The molecule has 0 radical (unpaired) electrons. The molecule has 1 amide bonds. The van der Waals surface area contributed by atoms with Crippen LogP contribution in [0.4, 0.5) is 23.7 Å². The zero-order chi connectivity index (χ0) is 17.5. The van der Waals surface area contributed by atoms with Gasteiger partial charge in [0.25, 0.3) is 0 Å². The van der Waals surface area contributed by atoms with Gasteiger partial charge in [-0.1, -0.05) is 11.6 Å². The maximum atomic E-state index is 12.9. The Morgan fingerprint density at radius 2 is 2.09 bits per heavy atom. The molecule has 0 saturated carbocycles. The van der Waals surface area contributed by atoms with E-state index in [2.05, 4.69) is 0 Å². The highest BCUT2D eigenvalue weighted by Gasteiger charge is 2.54. The van der Waals surface area contributed by atoms with Gasteiger partial charge in [-0.05, 0) is 31.5 Å². The first-order valence-corrected chi connectivity index (χ1v) is 6.91. The lowest BCUT2D eigenvalue weighted by molar-refractivity contribution is -0.212. The fourth-order valence-electron chi connectivity index (χ4n) is 2.49. The molecule has 0 bridgehead atoms. The molecule has 5 nitrogen and oxygen atoms in total. The quantitative estimate of drug-likeness (QED) is 0.891. The highest BCUT2D eigenvalue weighted by atomic mass is 35.5. The summed E-state index contributed by atoms with van der Waals surface area (Å²) in [5, 5.41) is 18.5. The second-order valence-electron chi connectivity index (χ2n) is 5.12. The van der Waals surface area contributed by atoms with E-state index in [-0.39, 0.29) is 21.8 Å². The zero-order valence-electron chi connectivity index (χ0n) is 12.1. The van der Waals surface area contributed by atoms with Crippen LogP contribution in [-0.2, 0) is 4.74 Å². The van der Waals surface area contributed by atoms with E-state index >= 15 is 0 Å². The third-order valence-corrected chi connectivity index (χ3v) is 4.15. The van der Waals surface area contributed by atoms with Crippen LogP contribution in [0.15, 0.2) is 12.1 Å². The second-order valence-corrected chi connectivity index (χ2v) is 5.50. The Kier molecular flexibility index (Phi) is 4.46. The molecule has 0 aliphatic carbocycles. The number of aliphatic hydroxyl groups is 1. The van der Waals surface area contributed by atoms with Gasteiger partial charge < -0.3 is 9.84 Å². The normalized spacial score (nSPS) is 22.7. The van der Waals surface area contributed by atoms with Crippen LogP contribution in [-0.4, -0.2) is 35.6 Å². The van der Waals surface area contributed by atoms with Gasteiger partial charge >= 0.3 is 12.3 Å². The number of aliphatic hydroxyl groups excluding tert-OH is 1. The van der Waals surface area contributed by atoms with E-state index in [4.69, 9.17) is 21.6 Å². The van der Waals surface area contributed by atoms with E-state index in [1.54, 1.807) is 0 Å². The molecule has 1 aliphatic heterocycles. The van der Waals surface area contributed by atoms with Gasteiger partial charge in [0.05, 0.1) is 16.3 Å². The van der Waals surface area contributed by atoms with E-state index in [0.717, 1.165) is 4.90 Å². The minimum atomic E-state index is -4.92. The van der Waals surface area contributed by atoms with Crippen molar-refractivity contribution in [1.82, 2.24) is 0 Å². The summed E-state index contributed by atoms with van der Waals surface area (Å²) in [6, 6.07) is 2.78. The van der Waals surface area contributed by atoms with Gasteiger partial charge in [-0.2, -0.15) is 18.4 Å². The van der Waals surface area contributed by atoms with Crippen molar-refractivity contribution in [2.45, 2.75) is 38.3 Å². The van der Waals surface area contributed by atoms with Crippen LogP contribution in [0.1, 0.15) is 18.1 Å². The highest BCUT2D eigenvalue weighted by Crippen LogP contribution is 2.38. The molecule has 1 aromatic carbocycles. The summed E-state index contributed by atoms with van der Waals surface area (Å²) in [6.45, 7) is 2.73. The van der Waals surface area contributed by atoms with E-state index in [9.17, 15) is 23.1 Å². The number of rotatable bonds is 2. The molecule has 124 valence electrons. The number of amides is 1. The first kappa shape index (κ1) is 17.4. The number of nitriles is 1. The van der Waals surface area contributed by atoms with Crippen LogP contribution in [0.5, 0.6) is 0 Å². The van der Waals surface area contributed by atoms with E-state index in [0.29, 0.717) is 0 Å². The Balaban J connectivity index is 2.54. The molecule has 0 spiro atoms. The molecule has 1 saturated heterocycles. The van der Waals surface area contributed by atoms with Crippen molar-refractivity contribution < 1.29 is 27.8 Å². The van der Waals surface area contributed by atoms with Crippen LogP contribution in [0.25, 0.3) is 0 Å². The third kappa shape index (κ3) is 2.94. The monoisotopic (exact) mass is 348 g/mol. The maximum Gasteiger partial charge on any atom is 0.416 e. The summed E-state index contributed by atoms with van der Waals surface area (Å²) >= 11 is 5.99. The van der Waals surface area contributed by atoms with Crippen molar-refractivity contribution >= 4 is 23.4 Å². The predicted molar refractivity (Wildman–Crippen MR) is 75.2 cm³/mol. The van der Waals surface area contributed by atoms with Crippen LogP contribution in [0, 0.1) is 18.3 Å². The van der Waals surface area contributed by atoms with Gasteiger partial charge in [0.15, 0.2) is 6.10 Å². The number of benzene rings is 1. The van der Waals surface area contributed by atoms with E-state index < -0.39 is 30.5 Å². The molecule has 3 atom stereocenters. The SMILES string of the molecule is Cc1c(N2C(=O)O[C@H](C)[C@@H]2[C@@H](O)C(F)(F)F)ccc(C#N)c1Cl. The van der Waals surface area contributed by atoms with Gasteiger partial charge in [0.1, 0.15) is 18.2 Å². The van der Waals surface area contributed by atoms with Gasteiger partial charge in [-0.15, -0.1) is 0 Å². The third-order valence-electron chi connectivity index (χ3n) is 3.66. The summed E-state index contributed by atoms with van der Waals surface area (Å²) < 4.78 is 43.5. The number of hydrogen-bond donors (Lipinski definition) is 1. The minimum absolute atomic E-state index is 0.0256. The Hall–Kier alpha value is -1.98. The lowest BCUT2D eigenvalue weighted by Crippen LogP contribution is -2.51. The average molecular weight is 349 g/mol. The molecule has 1 aromatic rings. The standard InChI is InChI=1S/C14H12ClF3N2O3/c1-6-9(4-3-8(5-19)10(6)15)20-11(7(2)23-13(20)22)12(21)14(16,17)18/h3-4,7,11-12,21H,1-2H3/t7-,11-,12-/m1/s1. The fraction of sp³-hybridized carbons (Fsp3) is 0.429. The lowest BCUT2D eigenvalue weighted by Gasteiger charge is -2.30. The molecule has 1 N–H and O–H groups in total. The van der Waals surface area contributed by atoms with Crippen molar-refractivity contribution in [2.24, 2.45) is 0 Å². The van der Waals surface area contributed by atoms with Gasteiger partial charge in [-0.3, -0.25) is 4.90 Å². The van der Waals surface area contributed by atoms with E-state index in [1.807, 2.05) is 6.07 Å². The summed E-state index contributed by atoms with van der Waals surface area (Å²) in [6.07, 6.45) is -9.89. The largest absolute Gasteiger partial charge is 0.444 e. The summed E-state index contributed by atoms with van der Waals surface area (Å²) in [4.78, 5) is 12.7. The zero-order valence-corrected chi connectivity index (χ0v) is 12.8. The number of carbonyl (C=O) groups is 1. The van der Waals surface area contributed by atoms with Gasteiger partial charge in [0.2, 0.25) is 0 Å². The Morgan fingerprint density at radius 1 is 1.48 bits per heavy atom. The van der Waals surface area contributed by atoms with Gasteiger partial charge in [-0.25, -0.2) is 4.79 Å². The first-order chi connectivity index (χ1) is 10.6. The minimum Gasteiger partial charge on any atom is -0.444 e. The summed E-state index contributed by atoms with van der Waals surface area (Å²) in [5.74, 6) is 0. The molecule has 0 unspecified atom stereocenters. The van der Waals surface area contributed by atoms with Crippen molar-refractivity contribution in [3.8, 4) is 6.07 Å². The smallest absolute Gasteiger partial charge is 0.416 e. The predicted octanol–water partition coefficient (Wildman–Crippen LogP) is 3.16. The lowest BCUT2D eigenvalue weighted by atomic mass is 10.0. The van der Waals surface area contributed by atoms with E-state index in [1.165, 1.54) is 26.0 Å². The number of alkyl halides is 3. The number of hydrogen-bond acceptors (Lipinski definition) is 4. The first-order valence-electron chi connectivity index (χ1n) is 6.53. The highest BCUT2D eigenvalue weighted by molar-refractivity contribution is 6.33. The Bertz CT molecular complexity index is 687. The molecule has 0 aromatic heterocycles. The van der Waals surface area contributed by atoms with Crippen molar-refractivity contribution in [3.05, 3.63) is 28.3 Å². The van der Waals surface area contributed by atoms with Crippen LogP contribution < -0.4 is 4.90 Å². The molecule has 1 aliphatic rings. The summed E-state index contributed by atoms with van der Waals surface area (Å²) in [5.41, 5.74) is 0.425. The fourth-order valence-corrected chi connectivity index (χ4v) is 2.69. The Labute approximate surface area is 134 Å². The van der Waals surface area contributed by atoms with Gasteiger partial charge in [0, 0.05) is 0 Å². The number of nitrogens with zero attached hydrogens (tertiary/aromatic N) is 2. The molecule has 1 heterocycles. The number of anilines is 1. The van der Waals surface area contributed by atoms with Crippen LogP contribution >= 0.6 is 11.6 Å². The number of ether oxygens (including phenoxy) is 1. The molecular weight excluding hydrogens is 337 g/mol.